The molecule has 0 saturated carbocycles. The zero-order chi connectivity index (χ0) is 15.0. The smallest absolute Gasteiger partial charge is 0.249 e. The van der Waals surface area contributed by atoms with Crippen molar-refractivity contribution in [2.45, 2.75) is 20.0 Å². The summed E-state index contributed by atoms with van der Waals surface area (Å²) in [7, 11) is 0. The van der Waals surface area contributed by atoms with Crippen LogP contribution in [0.1, 0.15) is 19.4 Å². The lowest BCUT2D eigenvalue weighted by Gasteiger charge is -2.39. The second-order valence-electron chi connectivity index (χ2n) is 5.21. The van der Waals surface area contributed by atoms with E-state index in [4.69, 9.17) is 0 Å². The monoisotopic (exact) mass is 344 g/mol. The van der Waals surface area contributed by atoms with Gasteiger partial charge in [0, 0.05) is 28.4 Å². The summed E-state index contributed by atoms with van der Waals surface area (Å²) < 4.78 is 1.01. The molecule has 1 aromatic carbocycles. The lowest BCUT2D eigenvalue weighted by molar-refractivity contribution is -0.128. The Kier molecular flexibility index (Phi) is 3.72. The lowest BCUT2D eigenvalue weighted by Crippen LogP contribution is -2.52. The second kappa shape index (κ2) is 5.53. The van der Waals surface area contributed by atoms with Crippen LogP contribution in [0.25, 0.3) is 5.57 Å². The number of dihydropyridines is 1. The minimum Gasteiger partial charge on any atom is -0.365 e. The number of fused-ring (bicyclic) bond motifs is 1. The standard InChI is InChI=1S/C17H17BrN2O/c1-3-20-16(21)10-15(12-5-4-6-13(18)9-12)14-8-7-11(2)19-17(14)20/h4-10,17,19H,3H2,1-2H3. The lowest BCUT2D eigenvalue weighted by atomic mass is 9.89. The molecule has 1 unspecified atom stereocenters. The van der Waals surface area contributed by atoms with Crippen LogP contribution in [0, 0.1) is 0 Å². The van der Waals surface area contributed by atoms with Gasteiger partial charge in [-0.05, 0) is 43.2 Å². The van der Waals surface area contributed by atoms with Gasteiger partial charge < -0.3 is 10.2 Å². The van der Waals surface area contributed by atoms with Gasteiger partial charge in [-0.25, -0.2) is 0 Å². The molecule has 21 heavy (non-hydrogen) atoms. The maximum atomic E-state index is 12.4. The van der Waals surface area contributed by atoms with E-state index in [1.54, 1.807) is 6.08 Å². The molecule has 4 heteroatoms. The van der Waals surface area contributed by atoms with E-state index < -0.39 is 0 Å². The Hall–Kier alpha value is -1.81. The molecule has 1 aromatic rings. The first kappa shape index (κ1) is 14.1. The van der Waals surface area contributed by atoms with Crippen LogP contribution in [0.5, 0.6) is 0 Å². The van der Waals surface area contributed by atoms with E-state index in [0.717, 1.165) is 26.9 Å². The van der Waals surface area contributed by atoms with E-state index in [9.17, 15) is 4.79 Å². The van der Waals surface area contributed by atoms with E-state index in [-0.39, 0.29) is 12.1 Å². The van der Waals surface area contributed by atoms with Crippen molar-refractivity contribution in [2.75, 3.05) is 6.54 Å². The van der Waals surface area contributed by atoms with Crippen molar-refractivity contribution in [2.24, 2.45) is 0 Å². The number of nitrogens with one attached hydrogen (secondary N) is 1. The summed E-state index contributed by atoms with van der Waals surface area (Å²) in [5, 5.41) is 3.41. The number of carbonyl (C=O) groups is 1. The summed E-state index contributed by atoms with van der Waals surface area (Å²) in [6.07, 6.45) is 5.83. The average molecular weight is 345 g/mol. The predicted octanol–water partition coefficient (Wildman–Crippen LogP) is 3.45. The number of hydrogen-bond acceptors (Lipinski definition) is 2. The third kappa shape index (κ3) is 2.56. The fraction of sp³-hybridized carbons (Fsp3) is 0.235. The van der Waals surface area contributed by atoms with Gasteiger partial charge >= 0.3 is 0 Å². The molecule has 0 radical (unpaired) electrons. The van der Waals surface area contributed by atoms with Gasteiger partial charge in [-0.3, -0.25) is 4.79 Å². The zero-order valence-electron chi connectivity index (χ0n) is 12.1. The molecule has 0 fully saturated rings. The Labute approximate surface area is 133 Å². The number of hydrogen-bond donors (Lipinski definition) is 1. The van der Waals surface area contributed by atoms with Gasteiger partial charge in [-0.15, -0.1) is 0 Å². The SMILES string of the molecule is CCN1C(=O)C=C(c2cccc(Br)c2)C2=CC=C(C)NC21. The van der Waals surface area contributed by atoms with Gasteiger partial charge in [-0.1, -0.05) is 34.1 Å². The third-order valence-electron chi connectivity index (χ3n) is 3.82. The number of rotatable bonds is 2. The van der Waals surface area contributed by atoms with Gasteiger partial charge in [-0.2, -0.15) is 0 Å². The Morgan fingerprint density at radius 1 is 1.33 bits per heavy atom. The highest BCUT2D eigenvalue weighted by atomic mass is 79.9. The molecule has 0 aromatic heterocycles. The summed E-state index contributed by atoms with van der Waals surface area (Å²) in [6.45, 7) is 4.70. The van der Waals surface area contributed by atoms with E-state index in [1.807, 2.05) is 43.0 Å². The topological polar surface area (TPSA) is 32.3 Å². The van der Waals surface area contributed by atoms with Crippen molar-refractivity contribution in [3.63, 3.8) is 0 Å². The molecular formula is C17H17BrN2O. The Morgan fingerprint density at radius 3 is 2.86 bits per heavy atom. The molecule has 0 saturated heterocycles. The molecule has 2 heterocycles. The maximum Gasteiger partial charge on any atom is 0.249 e. The van der Waals surface area contributed by atoms with E-state index >= 15 is 0 Å². The molecule has 2 aliphatic rings. The Bertz CT molecular complexity index is 688. The van der Waals surface area contributed by atoms with E-state index in [0.29, 0.717) is 6.54 Å². The van der Waals surface area contributed by atoms with Gasteiger partial charge in [0.2, 0.25) is 5.91 Å². The molecule has 0 bridgehead atoms. The van der Waals surface area contributed by atoms with Gasteiger partial charge in [0.1, 0.15) is 6.17 Å². The summed E-state index contributed by atoms with van der Waals surface area (Å²) in [5.41, 5.74) is 4.26. The number of benzene rings is 1. The van der Waals surface area contributed by atoms with Crippen LogP contribution in [0.4, 0.5) is 0 Å². The molecule has 1 N–H and O–H groups in total. The fourth-order valence-corrected chi connectivity index (χ4v) is 3.19. The van der Waals surface area contributed by atoms with Gasteiger partial charge in [0.25, 0.3) is 0 Å². The number of amides is 1. The van der Waals surface area contributed by atoms with Crippen LogP contribution in [0.15, 0.2) is 58.2 Å². The normalized spacial score (nSPS) is 21.1. The molecule has 3 nitrogen and oxygen atoms in total. The molecule has 0 spiro atoms. The van der Waals surface area contributed by atoms with Crippen molar-refractivity contribution in [3.05, 3.63) is 63.8 Å². The summed E-state index contributed by atoms with van der Waals surface area (Å²) in [5.74, 6) is 0.0526. The van der Waals surface area contributed by atoms with Gasteiger partial charge in [0.15, 0.2) is 0 Å². The van der Waals surface area contributed by atoms with Crippen LogP contribution < -0.4 is 5.32 Å². The van der Waals surface area contributed by atoms with Crippen molar-refractivity contribution >= 4 is 27.4 Å². The van der Waals surface area contributed by atoms with Crippen LogP contribution in [0.3, 0.4) is 0 Å². The first-order chi connectivity index (χ1) is 10.1. The average Bonchev–Trinajstić information content (AvgIpc) is 2.46. The largest absolute Gasteiger partial charge is 0.365 e. The highest BCUT2D eigenvalue weighted by Crippen LogP contribution is 2.34. The van der Waals surface area contributed by atoms with Gasteiger partial charge in [0.05, 0.1) is 0 Å². The van der Waals surface area contributed by atoms with Crippen molar-refractivity contribution in [3.8, 4) is 0 Å². The second-order valence-corrected chi connectivity index (χ2v) is 6.13. The van der Waals surface area contributed by atoms with E-state index in [2.05, 4.69) is 33.4 Å². The number of carbonyl (C=O) groups excluding carboxylic acids is 1. The minimum absolute atomic E-state index is 0.0526. The van der Waals surface area contributed by atoms with Crippen LogP contribution in [-0.4, -0.2) is 23.5 Å². The number of allylic oxidation sites excluding steroid dienone is 3. The van der Waals surface area contributed by atoms with Crippen LogP contribution >= 0.6 is 15.9 Å². The number of halogens is 1. The summed E-state index contributed by atoms with van der Waals surface area (Å²) in [4.78, 5) is 14.3. The first-order valence-electron chi connectivity index (χ1n) is 7.03. The number of nitrogens with zero attached hydrogens (tertiary/aromatic N) is 1. The molecule has 108 valence electrons. The molecular weight excluding hydrogens is 328 g/mol. The predicted molar refractivity (Wildman–Crippen MR) is 88.3 cm³/mol. The Balaban J connectivity index is 2.13. The summed E-state index contributed by atoms with van der Waals surface area (Å²) in [6, 6.07) is 8.06. The summed E-state index contributed by atoms with van der Waals surface area (Å²) >= 11 is 3.50. The molecule has 1 atom stereocenters. The van der Waals surface area contributed by atoms with Crippen molar-refractivity contribution < 1.29 is 4.79 Å². The Morgan fingerprint density at radius 2 is 2.14 bits per heavy atom. The van der Waals surface area contributed by atoms with Crippen LogP contribution in [-0.2, 0) is 4.79 Å². The zero-order valence-corrected chi connectivity index (χ0v) is 13.6. The van der Waals surface area contributed by atoms with Crippen LogP contribution in [0.2, 0.25) is 0 Å². The third-order valence-corrected chi connectivity index (χ3v) is 4.31. The molecule has 1 amide bonds. The molecule has 2 aliphatic heterocycles. The highest BCUT2D eigenvalue weighted by molar-refractivity contribution is 9.10. The maximum absolute atomic E-state index is 12.4. The fourth-order valence-electron chi connectivity index (χ4n) is 2.79. The number of likely N-dealkylation sites (N-methyl/N-ethyl adjacent to an activating group) is 1. The van der Waals surface area contributed by atoms with E-state index in [1.165, 1.54) is 0 Å². The molecule has 3 rings (SSSR count). The minimum atomic E-state index is -0.0773. The quantitative estimate of drug-likeness (QED) is 0.890. The van der Waals surface area contributed by atoms with Crippen molar-refractivity contribution in [1.82, 2.24) is 10.2 Å². The highest BCUT2D eigenvalue weighted by Gasteiger charge is 2.33. The first-order valence-corrected chi connectivity index (χ1v) is 7.83. The molecule has 0 aliphatic carbocycles. The van der Waals surface area contributed by atoms with Crippen molar-refractivity contribution in [1.29, 1.82) is 0 Å².